The van der Waals surface area contributed by atoms with Crippen molar-refractivity contribution in [2.24, 2.45) is 0 Å². The fraction of sp³-hybridized carbons (Fsp3) is 0.389. The molecule has 0 fully saturated rings. The van der Waals surface area contributed by atoms with Gasteiger partial charge < -0.3 is 9.84 Å². The molecule has 0 aliphatic heterocycles. The van der Waals surface area contributed by atoms with Crippen LogP contribution < -0.4 is 5.32 Å². The molecule has 0 spiro atoms. The third-order valence-electron chi connectivity index (χ3n) is 3.75. The molecule has 0 bridgehead atoms. The van der Waals surface area contributed by atoms with Gasteiger partial charge in [-0.1, -0.05) is 49.1 Å². The first-order chi connectivity index (χ1) is 11.3. The third kappa shape index (κ3) is 4.72. The number of carbonyl (C=O) groups is 1. The number of aliphatic hydroxyl groups is 1. The summed E-state index contributed by atoms with van der Waals surface area (Å²) in [5.41, 5.74) is -0.987. The van der Waals surface area contributed by atoms with Crippen LogP contribution >= 0.6 is 0 Å². The topological polar surface area (TPSA) is 58.6 Å². The lowest BCUT2D eigenvalue weighted by molar-refractivity contribution is -0.161. The average molecular weight is 339 g/mol. The Morgan fingerprint density at radius 2 is 1.96 bits per heavy atom. The van der Waals surface area contributed by atoms with Gasteiger partial charge in [-0.05, 0) is 25.0 Å². The largest absolute Gasteiger partial charge is 0.468 e. The summed E-state index contributed by atoms with van der Waals surface area (Å²) in [5.74, 6) is -0.960. The second-order valence-electron chi connectivity index (χ2n) is 5.59. The molecule has 1 aromatic rings. The van der Waals surface area contributed by atoms with Gasteiger partial charge in [0.05, 0.1) is 7.11 Å². The maximum atomic E-state index is 13.2. The molecule has 2 unspecified atom stereocenters. The predicted octanol–water partition coefficient (Wildman–Crippen LogP) is 2.79. The molecular formula is C18H23F2NO3. The Bertz CT molecular complexity index is 585. The molecule has 1 rings (SSSR count). The first-order valence-electron chi connectivity index (χ1n) is 7.48. The van der Waals surface area contributed by atoms with Crippen molar-refractivity contribution >= 4 is 11.5 Å². The Morgan fingerprint density at radius 3 is 2.42 bits per heavy atom. The molecule has 0 aromatic heterocycles. The van der Waals surface area contributed by atoms with Gasteiger partial charge in [-0.2, -0.15) is 0 Å². The maximum absolute atomic E-state index is 13.2. The Labute approximate surface area is 140 Å². The lowest BCUT2D eigenvalue weighted by atomic mass is 9.93. The van der Waals surface area contributed by atoms with Gasteiger partial charge in [0.2, 0.25) is 0 Å². The number of benzene rings is 1. The lowest BCUT2D eigenvalue weighted by Gasteiger charge is -2.33. The van der Waals surface area contributed by atoms with Gasteiger partial charge >= 0.3 is 5.97 Å². The number of esters is 1. The van der Waals surface area contributed by atoms with Crippen LogP contribution in [0.25, 0.3) is 5.57 Å². The summed E-state index contributed by atoms with van der Waals surface area (Å²) in [4.78, 5) is 11.9. The predicted molar refractivity (Wildman–Crippen MR) is 89.6 cm³/mol. The highest BCUT2D eigenvalue weighted by Crippen LogP contribution is 2.24. The van der Waals surface area contributed by atoms with Gasteiger partial charge in [-0.15, -0.1) is 0 Å². The van der Waals surface area contributed by atoms with Gasteiger partial charge in [0.1, 0.15) is 11.6 Å². The monoisotopic (exact) mass is 339 g/mol. The fourth-order valence-electron chi connectivity index (χ4n) is 2.31. The summed E-state index contributed by atoms with van der Waals surface area (Å²) in [7, 11) is 1.08. The van der Waals surface area contributed by atoms with Crippen molar-refractivity contribution in [1.29, 1.82) is 0 Å². The molecular weight excluding hydrogens is 316 g/mol. The minimum absolute atomic E-state index is 0.514. The van der Waals surface area contributed by atoms with Crippen molar-refractivity contribution in [3.05, 3.63) is 54.6 Å². The van der Waals surface area contributed by atoms with Crippen LogP contribution in [0, 0.1) is 0 Å². The van der Waals surface area contributed by atoms with Crippen LogP contribution in [-0.2, 0) is 9.53 Å². The maximum Gasteiger partial charge on any atom is 0.326 e. The van der Waals surface area contributed by atoms with Crippen molar-refractivity contribution in [1.82, 2.24) is 5.32 Å². The zero-order valence-corrected chi connectivity index (χ0v) is 14.0. The van der Waals surface area contributed by atoms with E-state index in [-0.39, 0.29) is 0 Å². The number of hydrogen-bond donors (Lipinski definition) is 2. The fourth-order valence-corrected chi connectivity index (χ4v) is 2.31. The number of methoxy groups -OCH3 is 1. The molecule has 3 atom stereocenters. The van der Waals surface area contributed by atoms with Gasteiger partial charge in [0, 0.05) is 6.04 Å². The quantitative estimate of drug-likeness (QED) is 0.565. The summed E-state index contributed by atoms with van der Waals surface area (Å²) >= 11 is 0. The highest BCUT2D eigenvalue weighted by atomic mass is 19.3. The molecule has 0 aliphatic carbocycles. The first kappa shape index (κ1) is 20.0. The van der Waals surface area contributed by atoms with E-state index < -0.39 is 30.1 Å². The molecule has 2 N–H and O–H groups in total. The van der Waals surface area contributed by atoms with E-state index in [1.807, 2.05) is 30.3 Å². The Morgan fingerprint density at radius 1 is 1.38 bits per heavy atom. The van der Waals surface area contributed by atoms with Crippen LogP contribution in [0.2, 0.25) is 0 Å². The molecule has 0 radical (unpaired) electrons. The van der Waals surface area contributed by atoms with E-state index in [2.05, 4.69) is 16.6 Å². The van der Waals surface area contributed by atoms with Crippen molar-refractivity contribution in [2.75, 3.05) is 7.11 Å². The van der Waals surface area contributed by atoms with Crippen molar-refractivity contribution in [3.8, 4) is 0 Å². The Hall–Kier alpha value is -2.05. The van der Waals surface area contributed by atoms with Crippen molar-refractivity contribution in [3.63, 3.8) is 0 Å². The smallest absolute Gasteiger partial charge is 0.326 e. The Kier molecular flexibility index (Phi) is 7.25. The van der Waals surface area contributed by atoms with Crippen LogP contribution in [0.4, 0.5) is 8.78 Å². The molecule has 0 aliphatic rings. The van der Waals surface area contributed by atoms with Gasteiger partial charge in [0.15, 0.2) is 0 Å². The SMILES string of the molecule is C=C/C=C(/c1ccccc1)C(C)N[C@H](C(=O)OC)C(C)(O)C(F)F. The second kappa shape index (κ2) is 8.70. The van der Waals surface area contributed by atoms with Crippen LogP contribution in [0.5, 0.6) is 0 Å². The van der Waals surface area contributed by atoms with Gasteiger partial charge in [0.25, 0.3) is 6.43 Å². The molecule has 0 amide bonds. The minimum Gasteiger partial charge on any atom is -0.468 e. The van der Waals surface area contributed by atoms with E-state index in [0.29, 0.717) is 0 Å². The summed E-state index contributed by atoms with van der Waals surface area (Å²) < 4.78 is 30.9. The van der Waals surface area contributed by atoms with E-state index >= 15 is 0 Å². The second-order valence-corrected chi connectivity index (χ2v) is 5.59. The third-order valence-corrected chi connectivity index (χ3v) is 3.75. The zero-order valence-electron chi connectivity index (χ0n) is 14.0. The standard InChI is InChI=1S/C18H23F2NO3/c1-5-9-14(13-10-7-6-8-11-13)12(2)21-15(16(22)24-4)18(3,23)17(19)20/h5-12,15,17,21,23H,1H2,2-4H3/b14-9+/t12?,15-,18?/m1/s1. The van der Waals surface area contributed by atoms with E-state index in [4.69, 9.17) is 0 Å². The van der Waals surface area contributed by atoms with Crippen LogP contribution in [0.15, 0.2) is 49.1 Å². The van der Waals surface area contributed by atoms with E-state index in [9.17, 15) is 18.7 Å². The summed E-state index contributed by atoms with van der Waals surface area (Å²) in [6.07, 6.45) is 0.169. The highest BCUT2D eigenvalue weighted by molar-refractivity contribution is 5.78. The Balaban J connectivity index is 3.14. The van der Waals surface area contributed by atoms with Crippen LogP contribution in [0.1, 0.15) is 19.4 Å². The minimum atomic E-state index is -3.12. The number of carbonyl (C=O) groups excluding carboxylic acids is 1. The summed E-state index contributed by atoms with van der Waals surface area (Å²) in [6.45, 7) is 6.26. The summed E-state index contributed by atoms with van der Waals surface area (Å²) in [6, 6.07) is 7.14. The van der Waals surface area contributed by atoms with Crippen molar-refractivity contribution < 1.29 is 23.4 Å². The number of allylic oxidation sites excluding steroid dienone is 2. The zero-order chi connectivity index (χ0) is 18.3. The molecule has 132 valence electrons. The lowest BCUT2D eigenvalue weighted by Crippen LogP contribution is -2.60. The molecule has 1 aromatic carbocycles. The number of alkyl halides is 2. The van der Waals surface area contributed by atoms with Crippen LogP contribution in [-0.4, -0.2) is 42.3 Å². The summed E-state index contributed by atoms with van der Waals surface area (Å²) in [5, 5.41) is 12.8. The number of hydrogen-bond acceptors (Lipinski definition) is 4. The normalized spacial score (nSPS) is 17.0. The molecule has 24 heavy (non-hydrogen) atoms. The van der Waals surface area contributed by atoms with E-state index in [0.717, 1.165) is 25.2 Å². The average Bonchev–Trinajstić information content (AvgIpc) is 2.57. The highest BCUT2D eigenvalue weighted by Gasteiger charge is 2.46. The molecule has 6 heteroatoms. The first-order valence-corrected chi connectivity index (χ1v) is 7.48. The van der Waals surface area contributed by atoms with Crippen molar-refractivity contribution in [2.45, 2.75) is 38.0 Å². The molecule has 0 saturated heterocycles. The van der Waals surface area contributed by atoms with Gasteiger partial charge in [-0.3, -0.25) is 10.1 Å². The number of halogens is 2. The van der Waals surface area contributed by atoms with Gasteiger partial charge in [-0.25, -0.2) is 8.78 Å². The number of rotatable bonds is 8. The van der Waals surface area contributed by atoms with Crippen LogP contribution in [0.3, 0.4) is 0 Å². The number of ether oxygens (including phenoxy) is 1. The molecule has 0 heterocycles. The molecule has 0 saturated carbocycles. The molecule has 4 nitrogen and oxygen atoms in total. The van der Waals surface area contributed by atoms with E-state index in [1.54, 1.807) is 19.1 Å². The number of nitrogens with one attached hydrogen (secondary N) is 1. The van der Waals surface area contributed by atoms with E-state index in [1.165, 1.54) is 0 Å².